The van der Waals surface area contributed by atoms with Crippen molar-refractivity contribution in [3.8, 4) is 0 Å². The van der Waals surface area contributed by atoms with E-state index in [1.54, 1.807) is 12.1 Å². The van der Waals surface area contributed by atoms with Crippen molar-refractivity contribution in [1.82, 2.24) is 5.43 Å². The second-order valence-electron chi connectivity index (χ2n) is 2.42. The third-order valence-corrected chi connectivity index (χ3v) is 1.95. The minimum absolute atomic E-state index is 0.0723. The molecule has 0 N–H and O–H groups in total. The van der Waals surface area contributed by atoms with Crippen LogP contribution < -0.4 is 5.43 Å². The molecule has 6 heteroatoms. The van der Waals surface area contributed by atoms with E-state index in [9.17, 15) is 10.1 Å². The highest BCUT2D eigenvalue weighted by Crippen LogP contribution is 2.33. The Hall–Kier alpha value is -1.62. The molecule has 13 heavy (non-hydrogen) atoms. The van der Waals surface area contributed by atoms with Crippen molar-refractivity contribution in [3.63, 3.8) is 0 Å². The molecule has 0 saturated heterocycles. The highest BCUT2D eigenvalue weighted by atomic mass is 35.5. The molecule has 1 aliphatic heterocycles. The Balaban J connectivity index is 2.61. The van der Waals surface area contributed by atoms with Gasteiger partial charge in [0.25, 0.3) is 5.69 Å². The van der Waals surface area contributed by atoms with Crippen LogP contribution in [0, 0.1) is 10.1 Å². The van der Waals surface area contributed by atoms with Gasteiger partial charge in [0.15, 0.2) is 10.9 Å². The maximum atomic E-state index is 10.5. The van der Waals surface area contributed by atoms with Crippen LogP contribution in [0.3, 0.4) is 0 Å². The minimum Gasteiger partial charge on any atom is -0.258 e. The molecule has 0 aliphatic carbocycles. The first-order chi connectivity index (χ1) is 6.20. The zero-order valence-corrected chi connectivity index (χ0v) is 7.02. The van der Waals surface area contributed by atoms with E-state index in [0.717, 1.165) is 0 Å². The lowest BCUT2D eigenvalue weighted by Crippen LogP contribution is -1.94. The molecule has 1 aromatic rings. The van der Waals surface area contributed by atoms with Gasteiger partial charge in [0, 0.05) is 11.6 Å². The Morgan fingerprint density at radius 1 is 1.46 bits per heavy atom. The standard InChI is InChI=1S/C7H3ClN3O2/c8-7-4-2-1-3-5(11(12)13)6(4)9-10-7/h1-3H. The van der Waals surface area contributed by atoms with Crippen LogP contribution in [0.4, 0.5) is 11.4 Å². The van der Waals surface area contributed by atoms with Crippen molar-refractivity contribution in [3.05, 3.63) is 33.9 Å². The van der Waals surface area contributed by atoms with Crippen molar-refractivity contribution >= 4 is 28.1 Å². The summed E-state index contributed by atoms with van der Waals surface area (Å²) in [5, 5.41) is 14.3. The van der Waals surface area contributed by atoms with Crippen LogP contribution in [0.25, 0.3) is 0 Å². The number of benzene rings is 1. The number of nitro groups is 1. The average molecular weight is 197 g/mol. The summed E-state index contributed by atoms with van der Waals surface area (Å²) in [4.78, 5) is 10.0. The molecule has 0 unspecified atom stereocenters. The number of hydrogen-bond donors (Lipinski definition) is 0. The third kappa shape index (κ3) is 1.13. The zero-order chi connectivity index (χ0) is 9.42. The maximum absolute atomic E-state index is 10.5. The predicted molar refractivity (Wildman–Crippen MR) is 47.3 cm³/mol. The lowest BCUT2D eigenvalue weighted by molar-refractivity contribution is -0.384. The number of nitro benzene ring substituents is 1. The largest absolute Gasteiger partial charge is 0.297 e. The van der Waals surface area contributed by atoms with E-state index in [2.05, 4.69) is 10.5 Å². The van der Waals surface area contributed by atoms with Gasteiger partial charge in [0.1, 0.15) is 0 Å². The van der Waals surface area contributed by atoms with Crippen molar-refractivity contribution in [2.75, 3.05) is 0 Å². The molecule has 1 heterocycles. The minimum atomic E-state index is -0.507. The second-order valence-corrected chi connectivity index (χ2v) is 2.78. The second kappa shape index (κ2) is 2.70. The van der Waals surface area contributed by atoms with Gasteiger partial charge in [-0.15, -0.1) is 10.5 Å². The maximum Gasteiger partial charge on any atom is 0.297 e. The van der Waals surface area contributed by atoms with Crippen LogP contribution in [0.1, 0.15) is 5.56 Å². The van der Waals surface area contributed by atoms with Gasteiger partial charge in [0.05, 0.1) is 4.92 Å². The van der Waals surface area contributed by atoms with Crippen LogP contribution in [0.5, 0.6) is 0 Å². The summed E-state index contributed by atoms with van der Waals surface area (Å²) < 4.78 is 0. The zero-order valence-electron chi connectivity index (χ0n) is 6.27. The number of hydrogen-bond acceptors (Lipinski definition) is 3. The van der Waals surface area contributed by atoms with Crippen LogP contribution in [-0.2, 0) is 0 Å². The van der Waals surface area contributed by atoms with Gasteiger partial charge in [-0.3, -0.25) is 10.1 Å². The van der Waals surface area contributed by atoms with Crippen molar-refractivity contribution in [1.29, 1.82) is 0 Å². The Bertz CT molecular complexity index is 416. The summed E-state index contributed by atoms with van der Waals surface area (Å²) in [7, 11) is 0. The quantitative estimate of drug-likeness (QED) is 0.507. The topological polar surface area (TPSA) is 69.6 Å². The van der Waals surface area contributed by atoms with E-state index in [0.29, 0.717) is 5.56 Å². The van der Waals surface area contributed by atoms with Gasteiger partial charge in [-0.05, 0) is 6.07 Å². The van der Waals surface area contributed by atoms with Crippen LogP contribution in [-0.4, -0.2) is 10.1 Å². The van der Waals surface area contributed by atoms with E-state index in [1.165, 1.54) is 6.07 Å². The third-order valence-electron chi connectivity index (χ3n) is 1.67. The SMILES string of the molecule is O=[N+]([O-])c1cccc2c1[N]N=C2Cl. The number of halogens is 1. The van der Waals surface area contributed by atoms with Gasteiger partial charge >= 0.3 is 0 Å². The molecular weight excluding hydrogens is 194 g/mol. The summed E-state index contributed by atoms with van der Waals surface area (Å²) >= 11 is 5.65. The van der Waals surface area contributed by atoms with E-state index in [1.807, 2.05) is 0 Å². The fraction of sp³-hybridized carbons (Fsp3) is 0. The first kappa shape index (κ1) is 8.00. The number of nitrogens with zero attached hydrogens (tertiary/aromatic N) is 3. The summed E-state index contributed by atoms with van der Waals surface area (Å²) in [6.45, 7) is 0. The van der Waals surface area contributed by atoms with Crippen molar-refractivity contribution in [2.24, 2.45) is 5.10 Å². The Kier molecular flexibility index (Phi) is 1.66. The molecule has 0 saturated carbocycles. The molecule has 0 atom stereocenters. The van der Waals surface area contributed by atoms with Crippen LogP contribution in [0.2, 0.25) is 0 Å². The summed E-state index contributed by atoms with van der Waals surface area (Å²) in [5.74, 6) is 0. The molecule has 65 valence electrons. The molecule has 0 aromatic heterocycles. The van der Waals surface area contributed by atoms with E-state index in [-0.39, 0.29) is 16.5 Å². The predicted octanol–water partition coefficient (Wildman–Crippen LogP) is 1.74. The van der Waals surface area contributed by atoms with E-state index >= 15 is 0 Å². The van der Waals surface area contributed by atoms with Gasteiger partial charge in [0.2, 0.25) is 0 Å². The monoisotopic (exact) mass is 196 g/mol. The average Bonchev–Trinajstić information content (AvgIpc) is 2.48. The fourth-order valence-corrected chi connectivity index (χ4v) is 1.29. The van der Waals surface area contributed by atoms with E-state index < -0.39 is 4.92 Å². The molecule has 0 amide bonds. The highest BCUT2D eigenvalue weighted by molar-refractivity contribution is 6.70. The van der Waals surface area contributed by atoms with Crippen molar-refractivity contribution in [2.45, 2.75) is 0 Å². The number of fused-ring (bicyclic) bond motifs is 1. The first-order valence-corrected chi connectivity index (χ1v) is 3.80. The van der Waals surface area contributed by atoms with Gasteiger partial charge in [-0.1, -0.05) is 17.7 Å². The molecule has 0 bridgehead atoms. The van der Waals surface area contributed by atoms with E-state index in [4.69, 9.17) is 11.6 Å². The van der Waals surface area contributed by atoms with Crippen LogP contribution in [0.15, 0.2) is 23.3 Å². The summed E-state index contributed by atoms with van der Waals surface area (Å²) in [6, 6.07) is 4.56. The molecule has 1 aromatic carbocycles. The van der Waals surface area contributed by atoms with Gasteiger partial charge in [-0.2, -0.15) is 0 Å². The highest BCUT2D eigenvalue weighted by Gasteiger charge is 2.25. The van der Waals surface area contributed by atoms with Gasteiger partial charge < -0.3 is 0 Å². The number of rotatable bonds is 1. The normalized spacial score (nSPS) is 13.2. The Labute approximate surface area is 78.2 Å². The summed E-state index contributed by atoms with van der Waals surface area (Å²) in [5.41, 5.74) is 4.29. The van der Waals surface area contributed by atoms with Crippen molar-refractivity contribution < 1.29 is 4.92 Å². The smallest absolute Gasteiger partial charge is 0.258 e. The Morgan fingerprint density at radius 2 is 2.23 bits per heavy atom. The molecule has 2 rings (SSSR count). The molecule has 1 radical (unpaired) electrons. The van der Waals surface area contributed by atoms with Gasteiger partial charge in [-0.25, -0.2) is 0 Å². The Morgan fingerprint density at radius 3 is 2.92 bits per heavy atom. The van der Waals surface area contributed by atoms with Crippen LogP contribution >= 0.6 is 11.6 Å². The lowest BCUT2D eigenvalue weighted by atomic mass is 10.2. The molecule has 0 spiro atoms. The summed E-state index contributed by atoms with van der Waals surface area (Å²) in [6.07, 6.45) is 0. The molecule has 5 nitrogen and oxygen atoms in total. The molecule has 1 aliphatic rings. The fourth-order valence-electron chi connectivity index (χ4n) is 1.10. The first-order valence-electron chi connectivity index (χ1n) is 3.42. The lowest BCUT2D eigenvalue weighted by Gasteiger charge is -1.96. The molecular formula is C7H3ClN3O2. The molecule has 0 fully saturated rings.